The van der Waals surface area contributed by atoms with Gasteiger partial charge in [-0.15, -0.1) is 0 Å². The van der Waals surface area contributed by atoms with E-state index in [1.54, 1.807) is 23.3 Å². The highest BCUT2D eigenvalue weighted by molar-refractivity contribution is 5.81. The van der Waals surface area contributed by atoms with Gasteiger partial charge in [0.15, 0.2) is 0 Å². The lowest BCUT2D eigenvalue weighted by Gasteiger charge is -2.01. The minimum absolute atomic E-state index is 0.608. The van der Waals surface area contributed by atoms with Crippen molar-refractivity contribution in [1.29, 1.82) is 0 Å². The van der Waals surface area contributed by atoms with Gasteiger partial charge in [-0.2, -0.15) is 5.10 Å². The maximum atomic E-state index is 5.96. The van der Waals surface area contributed by atoms with Gasteiger partial charge in [-0.3, -0.25) is 9.67 Å². The highest BCUT2D eigenvalue weighted by atomic mass is 15.3. The summed E-state index contributed by atoms with van der Waals surface area (Å²) in [5.41, 5.74) is 8.68. The molecular weight excluding hydrogens is 216 g/mol. The molecule has 3 rings (SSSR count). The number of rotatable bonds is 1. The molecule has 0 radical (unpaired) electrons. The zero-order valence-corrected chi connectivity index (χ0v) is 9.62. The summed E-state index contributed by atoms with van der Waals surface area (Å²) in [6, 6.07) is 1.88. The monoisotopic (exact) mass is 228 g/mol. The van der Waals surface area contributed by atoms with Gasteiger partial charge in [-0.05, 0) is 6.07 Å². The standard InChI is InChI=1S/C11H12N6/c1-16-9-6-13-4-3-8(9)15-11(16)7-5-14-17(2)10(7)12/h3-6H,12H2,1-2H3. The fourth-order valence-corrected chi connectivity index (χ4v) is 1.90. The Kier molecular flexibility index (Phi) is 1.91. The summed E-state index contributed by atoms with van der Waals surface area (Å²) in [4.78, 5) is 8.64. The van der Waals surface area contributed by atoms with Crippen molar-refractivity contribution in [3.05, 3.63) is 24.7 Å². The molecule has 0 fully saturated rings. The quantitative estimate of drug-likeness (QED) is 0.673. The lowest BCUT2D eigenvalue weighted by atomic mass is 10.3. The molecule has 6 nitrogen and oxygen atoms in total. The van der Waals surface area contributed by atoms with E-state index in [-0.39, 0.29) is 0 Å². The van der Waals surface area contributed by atoms with Gasteiger partial charge >= 0.3 is 0 Å². The maximum Gasteiger partial charge on any atom is 0.146 e. The molecule has 17 heavy (non-hydrogen) atoms. The molecule has 0 saturated heterocycles. The Morgan fingerprint density at radius 2 is 2.06 bits per heavy atom. The van der Waals surface area contributed by atoms with Gasteiger partial charge in [0.1, 0.15) is 11.6 Å². The Balaban J connectivity index is 2.31. The van der Waals surface area contributed by atoms with Crippen molar-refractivity contribution in [2.45, 2.75) is 0 Å². The molecule has 0 spiro atoms. The first kappa shape index (κ1) is 9.83. The largest absolute Gasteiger partial charge is 0.383 e. The highest BCUT2D eigenvalue weighted by Crippen LogP contribution is 2.26. The SMILES string of the molecule is Cn1ncc(-c2nc3ccncc3n2C)c1N. The van der Waals surface area contributed by atoms with Crippen molar-refractivity contribution in [2.75, 3.05) is 5.73 Å². The topological polar surface area (TPSA) is 74.5 Å². The van der Waals surface area contributed by atoms with Crippen molar-refractivity contribution in [2.24, 2.45) is 14.1 Å². The smallest absolute Gasteiger partial charge is 0.146 e. The van der Waals surface area contributed by atoms with Crippen molar-refractivity contribution in [3.8, 4) is 11.4 Å². The second-order valence-corrected chi connectivity index (χ2v) is 3.93. The Morgan fingerprint density at radius 3 is 2.71 bits per heavy atom. The summed E-state index contributed by atoms with van der Waals surface area (Å²) >= 11 is 0. The molecule has 0 atom stereocenters. The van der Waals surface area contributed by atoms with Gasteiger partial charge in [-0.1, -0.05) is 0 Å². The molecule has 0 saturated carbocycles. The van der Waals surface area contributed by atoms with Gasteiger partial charge in [0.2, 0.25) is 0 Å². The Bertz CT molecular complexity index is 693. The number of pyridine rings is 1. The normalized spacial score (nSPS) is 11.2. The Labute approximate surface area is 97.7 Å². The molecule has 6 heteroatoms. The summed E-state index contributed by atoms with van der Waals surface area (Å²) in [6.45, 7) is 0. The number of nitrogens with two attached hydrogens (primary N) is 1. The van der Waals surface area contributed by atoms with Crippen LogP contribution in [0.25, 0.3) is 22.4 Å². The third-order valence-electron chi connectivity index (χ3n) is 2.91. The predicted octanol–water partition coefficient (Wildman–Crippen LogP) is 0.951. The number of hydrogen-bond acceptors (Lipinski definition) is 4. The van der Waals surface area contributed by atoms with E-state index in [2.05, 4.69) is 15.1 Å². The number of imidazole rings is 1. The molecule has 0 amide bonds. The number of nitrogens with zero attached hydrogens (tertiary/aromatic N) is 5. The summed E-state index contributed by atoms with van der Waals surface area (Å²) in [7, 11) is 3.75. The molecule has 3 heterocycles. The number of aromatic nitrogens is 5. The van der Waals surface area contributed by atoms with Crippen molar-refractivity contribution in [1.82, 2.24) is 24.3 Å². The zero-order chi connectivity index (χ0) is 12.0. The molecule has 3 aromatic heterocycles. The molecule has 0 aliphatic heterocycles. The van der Waals surface area contributed by atoms with Crippen LogP contribution in [0.5, 0.6) is 0 Å². The first-order valence-corrected chi connectivity index (χ1v) is 5.23. The second kappa shape index (κ2) is 3.31. The second-order valence-electron chi connectivity index (χ2n) is 3.93. The molecule has 3 aromatic rings. The van der Waals surface area contributed by atoms with E-state index < -0.39 is 0 Å². The molecule has 86 valence electrons. The van der Waals surface area contributed by atoms with Crippen LogP contribution < -0.4 is 5.73 Å². The molecule has 0 aliphatic carbocycles. The minimum Gasteiger partial charge on any atom is -0.383 e. The van der Waals surface area contributed by atoms with E-state index in [4.69, 9.17) is 5.73 Å². The van der Waals surface area contributed by atoms with Gasteiger partial charge in [0.05, 0.1) is 29.0 Å². The van der Waals surface area contributed by atoms with Gasteiger partial charge in [0, 0.05) is 20.3 Å². The van der Waals surface area contributed by atoms with E-state index in [9.17, 15) is 0 Å². The summed E-state index contributed by atoms with van der Waals surface area (Å²) in [6.07, 6.45) is 5.24. The van der Waals surface area contributed by atoms with Crippen LogP contribution in [0.1, 0.15) is 0 Å². The van der Waals surface area contributed by atoms with Crippen LogP contribution in [-0.4, -0.2) is 24.3 Å². The number of hydrogen-bond donors (Lipinski definition) is 1. The van der Waals surface area contributed by atoms with Crippen LogP contribution in [0.2, 0.25) is 0 Å². The molecule has 0 aliphatic rings. The van der Waals surface area contributed by atoms with Crippen LogP contribution in [0.3, 0.4) is 0 Å². The molecule has 2 N–H and O–H groups in total. The summed E-state index contributed by atoms with van der Waals surface area (Å²) in [5, 5.41) is 4.13. The van der Waals surface area contributed by atoms with Crippen LogP contribution >= 0.6 is 0 Å². The van der Waals surface area contributed by atoms with Crippen molar-refractivity contribution < 1.29 is 0 Å². The number of aryl methyl sites for hydroxylation is 2. The average molecular weight is 228 g/mol. The van der Waals surface area contributed by atoms with E-state index in [0.29, 0.717) is 5.82 Å². The lowest BCUT2D eigenvalue weighted by Crippen LogP contribution is -2.00. The number of fused-ring (bicyclic) bond motifs is 1. The first-order chi connectivity index (χ1) is 8.18. The fourth-order valence-electron chi connectivity index (χ4n) is 1.90. The van der Waals surface area contributed by atoms with E-state index in [1.165, 1.54) is 0 Å². The Hall–Kier alpha value is -2.37. The Morgan fingerprint density at radius 1 is 1.24 bits per heavy atom. The van der Waals surface area contributed by atoms with Gasteiger partial charge in [-0.25, -0.2) is 4.98 Å². The van der Waals surface area contributed by atoms with Gasteiger partial charge in [0.25, 0.3) is 0 Å². The van der Waals surface area contributed by atoms with Crippen molar-refractivity contribution >= 4 is 16.9 Å². The van der Waals surface area contributed by atoms with Crippen LogP contribution in [0.15, 0.2) is 24.7 Å². The average Bonchev–Trinajstić information content (AvgIpc) is 2.83. The highest BCUT2D eigenvalue weighted by Gasteiger charge is 2.14. The fraction of sp³-hybridized carbons (Fsp3) is 0.182. The van der Waals surface area contributed by atoms with E-state index in [1.807, 2.05) is 24.7 Å². The minimum atomic E-state index is 0.608. The maximum absolute atomic E-state index is 5.96. The van der Waals surface area contributed by atoms with Crippen molar-refractivity contribution in [3.63, 3.8) is 0 Å². The number of anilines is 1. The zero-order valence-electron chi connectivity index (χ0n) is 9.62. The summed E-state index contributed by atoms with van der Waals surface area (Å²) in [5.74, 6) is 1.41. The van der Waals surface area contributed by atoms with Gasteiger partial charge < -0.3 is 10.3 Å². The summed E-state index contributed by atoms with van der Waals surface area (Å²) < 4.78 is 3.60. The third-order valence-corrected chi connectivity index (χ3v) is 2.91. The molecule has 0 aromatic carbocycles. The first-order valence-electron chi connectivity index (χ1n) is 5.23. The van der Waals surface area contributed by atoms with E-state index in [0.717, 1.165) is 22.4 Å². The van der Waals surface area contributed by atoms with Crippen LogP contribution in [0.4, 0.5) is 5.82 Å². The third kappa shape index (κ3) is 1.30. The lowest BCUT2D eigenvalue weighted by molar-refractivity contribution is 0.779. The predicted molar refractivity (Wildman–Crippen MR) is 65.1 cm³/mol. The van der Waals surface area contributed by atoms with Crippen LogP contribution in [-0.2, 0) is 14.1 Å². The van der Waals surface area contributed by atoms with E-state index >= 15 is 0 Å². The number of nitrogen functional groups attached to an aromatic ring is 1. The molecule has 0 unspecified atom stereocenters. The molecule has 0 bridgehead atoms. The van der Waals surface area contributed by atoms with Crippen LogP contribution in [0, 0.1) is 0 Å². The molecular formula is C11H12N6.